The van der Waals surface area contributed by atoms with Crippen LogP contribution >= 0.6 is 11.5 Å². The minimum absolute atomic E-state index is 0.176. The summed E-state index contributed by atoms with van der Waals surface area (Å²) in [6.45, 7) is 1.66. The van der Waals surface area contributed by atoms with Crippen LogP contribution in [0.3, 0.4) is 0 Å². The molecule has 6 nitrogen and oxygen atoms in total. The van der Waals surface area contributed by atoms with E-state index in [4.69, 9.17) is 4.42 Å². The van der Waals surface area contributed by atoms with E-state index in [1.54, 1.807) is 25.1 Å². The van der Waals surface area contributed by atoms with Crippen molar-refractivity contribution in [1.82, 2.24) is 14.6 Å². The fraction of sp³-hybridized carbons (Fsp3) is 0.0526. The summed E-state index contributed by atoms with van der Waals surface area (Å²) in [5, 5.41) is 8.66. The lowest BCUT2D eigenvalue weighted by atomic mass is 10.1. The van der Waals surface area contributed by atoms with Gasteiger partial charge in [-0.2, -0.15) is 0 Å². The summed E-state index contributed by atoms with van der Waals surface area (Å²) < 4.78 is 22.5. The number of anilines is 1. The van der Waals surface area contributed by atoms with Crippen LogP contribution in [0, 0.1) is 12.7 Å². The number of nitrogens with one attached hydrogen (secondary N) is 1. The number of hydrogen-bond acceptors (Lipinski definition) is 6. The van der Waals surface area contributed by atoms with E-state index < -0.39 is 5.91 Å². The summed E-state index contributed by atoms with van der Waals surface area (Å²) >= 11 is 1.26. The van der Waals surface area contributed by atoms with Crippen molar-refractivity contribution in [3.8, 4) is 22.7 Å². The molecular formula is C19H13FN4O2S. The molecule has 0 aliphatic rings. The molecule has 2 aromatic heterocycles. The number of aromatic nitrogens is 3. The standard InChI is InChI=1S/C19H13FN4O2S/c1-11-17(22-19(26-11)12-5-7-14(20)8-6-12)18(25)21-15-4-2-3-13(9-15)16-10-27-24-23-16/h2-10H,1H3,(H,21,25). The average molecular weight is 380 g/mol. The van der Waals surface area contributed by atoms with Crippen LogP contribution in [0.2, 0.25) is 0 Å². The highest BCUT2D eigenvalue weighted by Crippen LogP contribution is 2.24. The first-order chi connectivity index (χ1) is 13.1. The molecule has 0 spiro atoms. The van der Waals surface area contributed by atoms with Crippen LogP contribution in [0.25, 0.3) is 22.7 Å². The molecule has 0 aliphatic carbocycles. The molecule has 0 saturated heterocycles. The number of benzene rings is 2. The van der Waals surface area contributed by atoms with Gasteiger partial charge in [0.25, 0.3) is 5.91 Å². The Hall–Kier alpha value is -3.39. The number of rotatable bonds is 4. The van der Waals surface area contributed by atoms with E-state index in [2.05, 4.69) is 19.9 Å². The first kappa shape index (κ1) is 17.0. The quantitative estimate of drug-likeness (QED) is 0.561. The Morgan fingerprint density at radius 1 is 1.15 bits per heavy atom. The van der Waals surface area contributed by atoms with Gasteiger partial charge in [-0.25, -0.2) is 9.37 Å². The summed E-state index contributed by atoms with van der Waals surface area (Å²) in [6.07, 6.45) is 0. The molecule has 1 N–H and O–H groups in total. The molecule has 0 radical (unpaired) electrons. The van der Waals surface area contributed by atoms with Gasteiger partial charge in [-0.15, -0.1) is 5.10 Å². The lowest BCUT2D eigenvalue weighted by Gasteiger charge is -2.05. The van der Waals surface area contributed by atoms with Crippen LogP contribution in [0.15, 0.2) is 58.3 Å². The van der Waals surface area contributed by atoms with Crippen LogP contribution in [0.5, 0.6) is 0 Å². The number of hydrogen-bond donors (Lipinski definition) is 1. The summed E-state index contributed by atoms with van der Waals surface area (Å²) in [4.78, 5) is 16.9. The molecule has 2 aromatic carbocycles. The zero-order valence-corrected chi connectivity index (χ0v) is 15.0. The third kappa shape index (κ3) is 3.61. The Labute approximate surface area is 157 Å². The predicted octanol–water partition coefficient (Wildman–Crippen LogP) is 4.56. The van der Waals surface area contributed by atoms with Crippen LogP contribution in [0.1, 0.15) is 16.2 Å². The maximum absolute atomic E-state index is 13.1. The molecule has 1 amide bonds. The molecule has 4 rings (SSSR count). The second-order valence-corrected chi connectivity index (χ2v) is 6.37. The van der Waals surface area contributed by atoms with Gasteiger partial charge in [0.05, 0.1) is 0 Å². The number of carbonyl (C=O) groups is 1. The Balaban J connectivity index is 1.57. The normalized spacial score (nSPS) is 10.7. The highest BCUT2D eigenvalue weighted by molar-refractivity contribution is 7.03. The van der Waals surface area contributed by atoms with E-state index in [1.165, 1.54) is 23.7 Å². The number of halogens is 1. The van der Waals surface area contributed by atoms with Gasteiger partial charge >= 0.3 is 0 Å². The van der Waals surface area contributed by atoms with Crippen molar-refractivity contribution in [1.29, 1.82) is 0 Å². The van der Waals surface area contributed by atoms with Crippen LogP contribution in [-0.2, 0) is 0 Å². The number of carbonyl (C=O) groups excluding carboxylic acids is 1. The van der Waals surface area contributed by atoms with E-state index in [9.17, 15) is 9.18 Å². The van der Waals surface area contributed by atoms with Gasteiger partial charge in [0.2, 0.25) is 5.89 Å². The van der Waals surface area contributed by atoms with Crippen LogP contribution in [-0.4, -0.2) is 20.5 Å². The monoisotopic (exact) mass is 380 g/mol. The van der Waals surface area contributed by atoms with E-state index >= 15 is 0 Å². The van der Waals surface area contributed by atoms with Gasteiger partial charge in [-0.05, 0) is 54.9 Å². The zero-order valence-electron chi connectivity index (χ0n) is 14.1. The second kappa shape index (κ2) is 7.08. The van der Waals surface area contributed by atoms with Crippen molar-refractivity contribution in [3.63, 3.8) is 0 Å². The highest BCUT2D eigenvalue weighted by atomic mass is 32.1. The van der Waals surface area contributed by atoms with Crippen molar-refractivity contribution < 1.29 is 13.6 Å². The molecule has 27 heavy (non-hydrogen) atoms. The van der Waals surface area contributed by atoms with Gasteiger partial charge in [0.1, 0.15) is 17.3 Å². The fourth-order valence-corrected chi connectivity index (χ4v) is 3.03. The Morgan fingerprint density at radius 2 is 1.96 bits per heavy atom. The third-order valence-electron chi connectivity index (χ3n) is 3.88. The van der Waals surface area contributed by atoms with Crippen molar-refractivity contribution in [2.24, 2.45) is 0 Å². The van der Waals surface area contributed by atoms with E-state index in [-0.39, 0.29) is 17.4 Å². The molecule has 0 atom stereocenters. The van der Waals surface area contributed by atoms with E-state index in [0.29, 0.717) is 17.0 Å². The number of oxazole rings is 1. The van der Waals surface area contributed by atoms with Crippen molar-refractivity contribution in [2.75, 3.05) is 5.32 Å². The Morgan fingerprint density at radius 3 is 2.70 bits per heavy atom. The van der Waals surface area contributed by atoms with Gasteiger partial charge in [-0.3, -0.25) is 4.79 Å². The zero-order chi connectivity index (χ0) is 18.8. The molecule has 2 heterocycles. The summed E-state index contributed by atoms with van der Waals surface area (Å²) in [5.41, 5.74) is 2.97. The summed E-state index contributed by atoms with van der Waals surface area (Å²) in [5.74, 6) is -0.0972. The molecule has 0 bridgehead atoms. The summed E-state index contributed by atoms with van der Waals surface area (Å²) in [7, 11) is 0. The van der Waals surface area contributed by atoms with Crippen molar-refractivity contribution >= 4 is 23.1 Å². The predicted molar refractivity (Wildman–Crippen MR) is 99.9 cm³/mol. The van der Waals surface area contributed by atoms with Gasteiger partial charge in [0, 0.05) is 22.2 Å². The number of amides is 1. The smallest absolute Gasteiger partial charge is 0.277 e. The molecule has 4 aromatic rings. The van der Waals surface area contributed by atoms with Gasteiger partial charge < -0.3 is 9.73 Å². The first-order valence-electron chi connectivity index (χ1n) is 8.02. The SMILES string of the molecule is Cc1oc(-c2ccc(F)cc2)nc1C(=O)Nc1cccc(-c2csnn2)c1. The van der Waals surface area contributed by atoms with Crippen molar-refractivity contribution in [3.05, 3.63) is 71.2 Å². The van der Waals surface area contributed by atoms with Crippen LogP contribution in [0.4, 0.5) is 10.1 Å². The maximum atomic E-state index is 13.1. The lowest BCUT2D eigenvalue weighted by Crippen LogP contribution is -2.13. The molecule has 0 aliphatic heterocycles. The molecular weight excluding hydrogens is 367 g/mol. The minimum atomic E-state index is -0.391. The number of aryl methyl sites for hydroxylation is 1. The Bertz CT molecular complexity index is 1090. The molecule has 134 valence electrons. The van der Waals surface area contributed by atoms with E-state index in [1.807, 2.05) is 23.6 Å². The van der Waals surface area contributed by atoms with Crippen LogP contribution < -0.4 is 5.32 Å². The number of nitrogens with zero attached hydrogens (tertiary/aromatic N) is 3. The van der Waals surface area contributed by atoms with Crippen molar-refractivity contribution in [2.45, 2.75) is 6.92 Å². The molecule has 8 heteroatoms. The second-order valence-electron chi connectivity index (χ2n) is 5.76. The minimum Gasteiger partial charge on any atom is -0.441 e. The molecule has 0 fully saturated rings. The topological polar surface area (TPSA) is 80.9 Å². The first-order valence-corrected chi connectivity index (χ1v) is 8.86. The van der Waals surface area contributed by atoms with Gasteiger partial charge in [0.15, 0.2) is 5.69 Å². The highest BCUT2D eigenvalue weighted by Gasteiger charge is 2.18. The largest absolute Gasteiger partial charge is 0.441 e. The Kier molecular flexibility index (Phi) is 4.47. The van der Waals surface area contributed by atoms with E-state index in [0.717, 1.165) is 11.3 Å². The third-order valence-corrected chi connectivity index (χ3v) is 4.38. The maximum Gasteiger partial charge on any atom is 0.277 e. The lowest BCUT2D eigenvalue weighted by molar-refractivity contribution is 0.102. The summed E-state index contributed by atoms with van der Waals surface area (Å²) in [6, 6.07) is 13.0. The fourth-order valence-electron chi connectivity index (χ4n) is 2.56. The average Bonchev–Trinajstić information content (AvgIpc) is 3.32. The molecule has 0 saturated carbocycles. The molecule has 0 unspecified atom stereocenters. The van der Waals surface area contributed by atoms with Gasteiger partial charge in [-0.1, -0.05) is 16.6 Å².